The van der Waals surface area contributed by atoms with Crippen molar-refractivity contribution in [2.75, 3.05) is 5.32 Å². The minimum Gasteiger partial charge on any atom is -0.481 e. The molecule has 0 bridgehead atoms. The first kappa shape index (κ1) is 19.6. The number of carbonyl (C=O) groups is 1. The molecule has 3 N–H and O–H groups in total. The van der Waals surface area contributed by atoms with Gasteiger partial charge in [-0.3, -0.25) is 4.79 Å². The van der Waals surface area contributed by atoms with E-state index in [0.717, 1.165) is 11.1 Å². The Morgan fingerprint density at radius 3 is 2.04 bits per heavy atom. The molecule has 0 aromatic heterocycles. The second-order valence-corrected chi connectivity index (χ2v) is 7.77. The van der Waals surface area contributed by atoms with Gasteiger partial charge in [0.15, 0.2) is 6.10 Å². The summed E-state index contributed by atoms with van der Waals surface area (Å²) in [5.41, 5.74) is 2.61. The minimum atomic E-state index is -3.77. The van der Waals surface area contributed by atoms with Gasteiger partial charge in [0.1, 0.15) is 5.75 Å². The molecule has 1 amide bonds. The van der Waals surface area contributed by atoms with Crippen LogP contribution in [0.2, 0.25) is 0 Å². The van der Waals surface area contributed by atoms with Crippen LogP contribution >= 0.6 is 0 Å². The summed E-state index contributed by atoms with van der Waals surface area (Å²) in [5.74, 6) is 0.224. The van der Waals surface area contributed by atoms with Crippen LogP contribution in [0.15, 0.2) is 83.8 Å². The highest BCUT2D eigenvalue weighted by molar-refractivity contribution is 7.89. The first-order valence-corrected chi connectivity index (χ1v) is 10.1. The van der Waals surface area contributed by atoms with E-state index in [0.29, 0.717) is 11.4 Å². The van der Waals surface area contributed by atoms with Crippen molar-refractivity contribution >= 4 is 21.6 Å². The monoisotopic (exact) mass is 396 g/mol. The molecule has 28 heavy (non-hydrogen) atoms. The van der Waals surface area contributed by atoms with Crippen molar-refractivity contribution in [2.45, 2.75) is 17.9 Å². The van der Waals surface area contributed by atoms with Gasteiger partial charge in [0.05, 0.1) is 4.90 Å². The number of ether oxygens (including phenoxy) is 1. The van der Waals surface area contributed by atoms with Crippen LogP contribution in [0.4, 0.5) is 5.69 Å². The van der Waals surface area contributed by atoms with Crippen molar-refractivity contribution in [3.63, 3.8) is 0 Å². The number of anilines is 1. The van der Waals surface area contributed by atoms with Crippen molar-refractivity contribution < 1.29 is 17.9 Å². The van der Waals surface area contributed by atoms with Crippen LogP contribution in [0.3, 0.4) is 0 Å². The van der Waals surface area contributed by atoms with Crippen LogP contribution in [0, 0.1) is 0 Å². The van der Waals surface area contributed by atoms with Gasteiger partial charge in [0.25, 0.3) is 5.91 Å². The quantitative estimate of drug-likeness (QED) is 0.667. The molecular weight excluding hydrogens is 376 g/mol. The molecule has 0 heterocycles. The average molecular weight is 396 g/mol. The van der Waals surface area contributed by atoms with E-state index < -0.39 is 16.1 Å². The van der Waals surface area contributed by atoms with E-state index in [1.165, 1.54) is 24.3 Å². The SMILES string of the molecule is C[C@H](Oc1ccc(-c2ccccc2)cc1)C(=O)Nc1ccc(S(N)(=O)=O)cc1. The molecule has 0 aliphatic rings. The molecule has 0 unspecified atom stereocenters. The third kappa shape index (κ3) is 4.97. The molecule has 0 saturated carbocycles. The van der Waals surface area contributed by atoms with E-state index >= 15 is 0 Å². The fourth-order valence-electron chi connectivity index (χ4n) is 2.59. The van der Waals surface area contributed by atoms with Crippen molar-refractivity contribution in [3.05, 3.63) is 78.9 Å². The molecular formula is C21H20N2O4S. The summed E-state index contributed by atoms with van der Waals surface area (Å²) in [4.78, 5) is 12.3. The second-order valence-electron chi connectivity index (χ2n) is 6.21. The zero-order valence-corrected chi connectivity index (χ0v) is 16.0. The molecule has 6 nitrogen and oxygen atoms in total. The number of hydrogen-bond donors (Lipinski definition) is 2. The van der Waals surface area contributed by atoms with Crippen LogP contribution < -0.4 is 15.2 Å². The number of hydrogen-bond acceptors (Lipinski definition) is 4. The Hall–Kier alpha value is -3.16. The lowest BCUT2D eigenvalue weighted by Crippen LogP contribution is -2.30. The zero-order chi connectivity index (χ0) is 20.1. The summed E-state index contributed by atoms with van der Waals surface area (Å²) >= 11 is 0. The van der Waals surface area contributed by atoms with Crippen molar-refractivity contribution in [3.8, 4) is 16.9 Å². The van der Waals surface area contributed by atoms with E-state index in [9.17, 15) is 13.2 Å². The number of amides is 1. The summed E-state index contributed by atoms with van der Waals surface area (Å²) in [7, 11) is -3.77. The summed E-state index contributed by atoms with van der Waals surface area (Å²) in [6.07, 6.45) is -0.736. The number of primary sulfonamides is 1. The lowest BCUT2D eigenvalue weighted by Gasteiger charge is -2.15. The lowest BCUT2D eigenvalue weighted by atomic mass is 10.1. The number of nitrogens with two attached hydrogens (primary N) is 1. The molecule has 3 rings (SSSR count). The number of benzene rings is 3. The van der Waals surface area contributed by atoms with Crippen molar-refractivity contribution in [1.29, 1.82) is 0 Å². The van der Waals surface area contributed by atoms with Gasteiger partial charge in [0, 0.05) is 5.69 Å². The molecule has 0 radical (unpaired) electrons. The Bertz CT molecular complexity index is 1050. The average Bonchev–Trinajstić information content (AvgIpc) is 2.69. The van der Waals surface area contributed by atoms with Crippen molar-refractivity contribution in [2.24, 2.45) is 5.14 Å². The summed E-state index contributed by atoms with van der Waals surface area (Å²) in [6.45, 7) is 1.64. The number of carbonyl (C=O) groups excluding carboxylic acids is 1. The second kappa shape index (κ2) is 8.24. The number of rotatable bonds is 6. The van der Waals surface area contributed by atoms with Gasteiger partial charge >= 0.3 is 0 Å². The molecule has 1 atom stereocenters. The molecule has 0 aliphatic carbocycles. The molecule has 0 spiro atoms. The Kier molecular flexibility index (Phi) is 5.77. The summed E-state index contributed by atoms with van der Waals surface area (Å²) < 4.78 is 28.2. The number of nitrogens with one attached hydrogen (secondary N) is 1. The Labute approximate surface area is 164 Å². The molecule has 7 heteroatoms. The highest BCUT2D eigenvalue weighted by Gasteiger charge is 2.15. The predicted molar refractivity (Wildman–Crippen MR) is 108 cm³/mol. The predicted octanol–water partition coefficient (Wildman–Crippen LogP) is 3.41. The normalized spacial score (nSPS) is 12.2. The van der Waals surface area contributed by atoms with Crippen LogP contribution in [-0.4, -0.2) is 20.4 Å². The Morgan fingerprint density at radius 1 is 0.893 bits per heavy atom. The summed E-state index contributed by atoms with van der Waals surface area (Å²) in [5, 5.41) is 7.73. The maximum atomic E-state index is 12.3. The van der Waals surface area contributed by atoms with Gasteiger partial charge in [-0.1, -0.05) is 42.5 Å². The molecule has 0 fully saturated rings. The molecule has 3 aromatic carbocycles. The Balaban J connectivity index is 1.61. The Morgan fingerprint density at radius 2 is 1.46 bits per heavy atom. The molecule has 0 aliphatic heterocycles. The van der Waals surface area contributed by atoms with Crippen molar-refractivity contribution in [1.82, 2.24) is 0 Å². The largest absolute Gasteiger partial charge is 0.481 e. The highest BCUT2D eigenvalue weighted by Crippen LogP contribution is 2.23. The van der Waals surface area contributed by atoms with Gasteiger partial charge in [0.2, 0.25) is 10.0 Å². The lowest BCUT2D eigenvalue weighted by molar-refractivity contribution is -0.122. The van der Waals surface area contributed by atoms with Crippen LogP contribution in [0.5, 0.6) is 5.75 Å². The topological polar surface area (TPSA) is 98.5 Å². The van der Waals surface area contributed by atoms with E-state index in [1.807, 2.05) is 54.6 Å². The maximum Gasteiger partial charge on any atom is 0.265 e. The van der Waals surface area contributed by atoms with E-state index in [1.54, 1.807) is 6.92 Å². The third-order valence-electron chi connectivity index (χ3n) is 4.09. The van der Waals surface area contributed by atoms with Gasteiger partial charge < -0.3 is 10.1 Å². The highest BCUT2D eigenvalue weighted by atomic mass is 32.2. The van der Waals surface area contributed by atoms with Crippen LogP contribution in [-0.2, 0) is 14.8 Å². The maximum absolute atomic E-state index is 12.3. The fourth-order valence-corrected chi connectivity index (χ4v) is 3.10. The first-order chi connectivity index (χ1) is 13.3. The van der Waals surface area contributed by atoms with Gasteiger partial charge in [-0.2, -0.15) is 0 Å². The summed E-state index contributed by atoms with van der Waals surface area (Å²) in [6, 6.07) is 23.0. The minimum absolute atomic E-state index is 0.0201. The molecule has 144 valence electrons. The first-order valence-electron chi connectivity index (χ1n) is 8.59. The van der Waals surface area contributed by atoms with Gasteiger partial charge in [-0.25, -0.2) is 13.6 Å². The van der Waals surface area contributed by atoms with Crippen LogP contribution in [0.25, 0.3) is 11.1 Å². The smallest absolute Gasteiger partial charge is 0.265 e. The van der Waals surface area contributed by atoms with E-state index in [2.05, 4.69) is 5.32 Å². The standard InChI is InChI=1S/C21H20N2O4S/c1-15(21(24)23-18-9-13-20(14-10-18)28(22,25)26)27-19-11-7-17(8-12-19)16-5-3-2-4-6-16/h2-15H,1H3,(H,23,24)(H2,22,25,26)/t15-/m0/s1. The fraction of sp³-hybridized carbons (Fsp3) is 0.0952. The molecule has 0 saturated heterocycles. The molecule has 3 aromatic rings. The zero-order valence-electron chi connectivity index (χ0n) is 15.2. The third-order valence-corrected chi connectivity index (χ3v) is 5.02. The van der Waals surface area contributed by atoms with Gasteiger partial charge in [-0.15, -0.1) is 0 Å². The van der Waals surface area contributed by atoms with E-state index in [4.69, 9.17) is 9.88 Å². The van der Waals surface area contributed by atoms with Gasteiger partial charge in [-0.05, 0) is 54.4 Å². The number of sulfonamides is 1. The van der Waals surface area contributed by atoms with E-state index in [-0.39, 0.29) is 10.8 Å². The van der Waals surface area contributed by atoms with Crippen LogP contribution in [0.1, 0.15) is 6.92 Å².